The van der Waals surface area contributed by atoms with Crippen LogP contribution in [0.15, 0.2) is 66.7 Å². The molecule has 3 aromatic carbocycles. The van der Waals surface area contributed by atoms with Crippen LogP contribution in [0.25, 0.3) is 10.9 Å². The number of fused-ring (bicyclic) bond motifs is 7. The molecule has 0 radical (unpaired) electrons. The Hall–Kier alpha value is -4.17. The van der Waals surface area contributed by atoms with E-state index >= 15 is 0 Å². The van der Waals surface area contributed by atoms with Gasteiger partial charge in [-0.3, -0.25) is 14.4 Å². The highest BCUT2D eigenvalue weighted by atomic mass is 35.5. The number of hydrogen-bond acceptors (Lipinski definition) is 3. The first kappa shape index (κ1) is 27.0. The maximum atomic E-state index is 14.3. The van der Waals surface area contributed by atoms with E-state index in [0.717, 1.165) is 27.7 Å². The molecule has 4 aromatic rings. The summed E-state index contributed by atoms with van der Waals surface area (Å²) in [7, 11) is 0. The lowest BCUT2D eigenvalue weighted by atomic mass is 9.89. The zero-order valence-electron chi connectivity index (χ0n) is 22.7. The Labute approximate surface area is 242 Å². The number of benzene rings is 3. The van der Waals surface area contributed by atoms with Crippen molar-refractivity contribution in [2.75, 3.05) is 0 Å². The number of carbonyl (C=O) groups is 3. The lowest BCUT2D eigenvalue weighted by Gasteiger charge is -2.37. The van der Waals surface area contributed by atoms with Crippen LogP contribution in [0.5, 0.6) is 0 Å². The van der Waals surface area contributed by atoms with Gasteiger partial charge in [-0.15, -0.1) is 0 Å². The molecule has 3 heterocycles. The highest BCUT2D eigenvalue weighted by Gasteiger charge is 2.49. The maximum absolute atomic E-state index is 14.3. The minimum absolute atomic E-state index is 0.0834. The van der Waals surface area contributed by atoms with Crippen molar-refractivity contribution in [1.29, 1.82) is 0 Å². The third-order valence-electron chi connectivity index (χ3n) is 8.00. The molecular weight excluding hydrogens is 543 g/mol. The number of rotatable bonds is 7. The number of para-hydroxylation sites is 1. The second kappa shape index (κ2) is 10.7. The number of nitrogens with zero attached hydrogens (tertiary/aromatic N) is 1. The van der Waals surface area contributed by atoms with Gasteiger partial charge in [0.2, 0.25) is 11.8 Å². The standard InChI is InChI=1S/C32H30ClFN4O3/c1-17(2)14-26(30(39)35-16-22-23(33)11-7-12-24(22)34)37-31(40)27-15-21-18-8-5-6-13-25(18)36-28(21)29-19-9-3-4-10-20(19)32(41)38(27)29/h3-13,17,26-27,29,36H,14-16H2,1-2H3,(H,35,39)(H,37,40)/t26-,27-,29+/m0/s1. The number of aromatic amines is 1. The van der Waals surface area contributed by atoms with Crippen LogP contribution in [0, 0.1) is 11.7 Å². The molecule has 0 saturated heterocycles. The van der Waals surface area contributed by atoms with Gasteiger partial charge in [0.1, 0.15) is 17.9 Å². The number of H-pyrrole nitrogens is 1. The molecule has 1 aromatic heterocycles. The zero-order chi connectivity index (χ0) is 28.8. The van der Waals surface area contributed by atoms with Gasteiger partial charge in [0.05, 0.1) is 6.04 Å². The quantitative estimate of drug-likeness (QED) is 0.281. The third kappa shape index (κ3) is 4.76. The predicted molar refractivity (Wildman–Crippen MR) is 155 cm³/mol. The van der Waals surface area contributed by atoms with E-state index in [1.165, 1.54) is 12.1 Å². The van der Waals surface area contributed by atoms with Crippen molar-refractivity contribution in [3.05, 3.63) is 106 Å². The van der Waals surface area contributed by atoms with Gasteiger partial charge in [0.25, 0.3) is 5.91 Å². The maximum Gasteiger partial charge on any atom is 0.255 e. The minimum atomic E-state index is -0.879. The van der Waals surface area contributed by atoms with Crippen LogP contribution >= 0.6 is 11.6 Å². The van der Waals surface area contributed by atoms with E-state index in [1.54, 1.807) is 17.0 Å². The number of hydrogen-bond donors (Lipinski definition) is 3. The van der Waals surface area contributed by atoms with E-state index in [-0.39, 0.29) is 29.0 Å². The molecule has 2 aliphatic heterocycles. The largest absolute Gasteiger partial charge is 0.356 e. The minimum Gasteiger partial charge on any atom is -0.356 e. The average Bonchev–Trinajstić information content (AvgIpc) is 3.47. The summed E-state index contributed by atoms with van der Waals surface area (Å²) in [6.07, 6.45) is 0.674. The van der Waals surface area contributed by atoms with Crippen LogP contribution in [0.4, 0.5) is 4.39 Å². The van der Waals surface area contributed by atoms with Gasteiger partial charge in [-0.2, -0.15) is 0 Å². The summed E-state index contributed by atoms with van der Waals surface area (Å²) in [6, 6.07) is 17.5. The van der Waals surface area contributed by atoms with Gasteiger partial charge < -0.3 is 20.5 Å². The van der Waals surface area contributed by atoms with Gasteiger partial charge in [-0.25, -0.2) is 4.39 Å². The van der Waals surface area contributed by atoms with Crippen molar-refractivity contribution < 1.29 is 18.8 Å². The molecule has 0 unspecified atom stereocenters. The Morgan fingerprint density at radius 3 is 2.61 bits per heavy atom. The molecule has 0 bridgehead atoms. The van der Waals surface area contributed by atoms with Crippen LogP contribution in [0.2, 0.25) is 5.02 Å². The SMILES string of the molecule is CC(C)C[C@H](NC(=O)[C@@H]1Cc2c([nH]c3ccccc23)[C@H]2c3ccccc3C(=O)N21)C(=O)NCc1c(F)cccc1Cl. The highest BCUT2D eigenvalue weighted by Crippen LogP contribution is 2.46. The van der Waals surface area contributed by atoms with Crippen molar-refractivity contribution in [3.8, 4) is 0 Å². The van der Waals surface area contributed by atoms with Gasteiger partial charge in [0, 0.05) is 45.7 Å². The fourth-order valence-electron chi connectivity index (χ4n) is 6.11. The molecule has 41 heavy (non-hydrogen) atoms. The third-order valence-corrected chi connectivity index (χ3v) is 8.35. The number of amides is 3. The molecule has 7 nitrogen and oxygen atoms in total. The summed E-state index contributed by atoms with van der Waals surface area (Å²) in [5.41, 5.74) is 4.44. The fraction of sp³-hybridized carbons (Fsp3) is 0.281. The summed E-state index contributed by atoms with van der Waals surface area (Å²) in [5, 5.41) is 6.89. The Morgan fingerprint density at radius 1 is 1.07 bits per heavy atom. The molecule has 3 N–H and O–H groups in total. The Kier molecular flexibility index (Phi) is 7.03. The molecule has 210 valence electrons. The molecular formula is C32H30ClFN4O3. The summed E-state index contributed by atoms with van der Waals surface area (Å²) in [5.74, 6) is -1.49. The second-order valence-corrected chi connectivity index (χ2v) is 11.5. The second-order valence-electron chi connectivity index (χ2n) is 11.1. The molecule has 0 saturated carbocycles. The van der Waals surface area contributed by atoms with Crippen LogP contribution in [0.1, 0.15) is 59.1 Å². The van der Waals surface area contributed by atoms with Crippen molar-refractivity contribution in [2.24, 2.45) is 5.92 Å². The first-order chi connectivity index (χ1) is 19.7. The van der Waals surface area contributed by atoms with Gasteiger partial charge in [-0.1, -0.05) is 67.9 Å². The van der Waals surface area contributed by atoms with Crippen LogP contribution in [-0.4, -0.2) is 39.7 Å². The Morgan fingerprint density at radius 2 is 1.83 bits per heavy atom. The number of carbonyl (C=O) groups excluding carboxylic acids is 3. The van der Waals surface area contributed by atoms with E-state index in [1.807, 2.05) is 56.3 Å². The van der Waals surface area contributed by atoms with Gasteiger partial charge >= 0.3 is 0 Å². The molecule has 0 aliphatic carbocycles. The van der Waals surface area contributed by atoms with Crippen molar-refractivity contribution in [1.82, 2.24) is 20.5 Å². The summed E-state index contributed by atoms with van der Waals surface area (Å²) >= 11 is 6.14. The average molecular weight is 573 g/mol. The number of aromatic nitrogens is 1. The predicted octanol–water partition coefficient (Wildman–Crippen LogP) is 5.28. The summed E-state index contributed by atoms with van der Waals surface area (Å²) in [4.78, 5) is 46.2. The Bertz CT molecular complexity index is 1660. The normalized spacial score (nSPS) is 18.2. The van der Waals surface area contributed by atoms with Crippen molar-refractivity contribution in [2.45, 2.75) is 51.4 Å². The van der Waals surface area contributed by atoms with E-state index in [4.69, 9.17) is 11.6 Å². The van der Waals surface area contributed by atoms with Crippen LogP contribution in [0.3, 0.4) is 0 Å². The molecule has 0 fully saturated rings. The number of nitrogens with one attached hydrogen (secondary N) is 3. The van der Waals surface area contributed by atoms with E-state index in [2.05, 4.69) is 15.6 Å². The van der Waals surface area contributed by atoms with E-state index in [9.17, 15) is 18.8 Å². The molecule has 9 heteroatoms. The van der Waals surface area contributed by atoms with Gasteiger partial charge in [0.15, 0.2) is 0 Å². The van der Waals surface area contributed by atoms with Crippen LogP contribution < -0.4 is 10.6 Å². The molecule has 0 spiro atoms. The lowest BCUT2D eigenvalue weighted by Crippen LogP contribution is -2.56. The van der Waals surface area contributed by atoms with E-state index < -0.39 is 35.8 Å². The molecule has 2 aliphatic rings. The highest BCUT2D eigenvalue weighted by molar-refractivity contribution is 6.31. The fourth-order valence-corrected chi connectivity index (χ4v) is 6.34. The number of halogens is 2. The van der Waals surface area contributed by atoms with Crippen LogP contribution in [-0.2, 0) is 22.6 Å². The van der Waals surface area contributed by atoms with Crippen molar-refractivity contribution >= 4 is 40.2 Å². The summed E-state index contributed by atoms with van der Waals surface area (Å²) in [6.45, 7) is 3.80. The lowest BCUT2D eigenvalue weighted by molar-refractivity contribution is -0.132. The zero-order valence-corrected chi connectivity index (χ0v) is 23.5. The molecule has 3 atom stereocenters. The summed E-state index contributed by atoms with van der Waals surface area (Å²) < 4.78 is 14.3. The molecule has 3 amide bonds. The first-order valence-corrected chi connectivity index (χ1v) is 14.1. The monoisotopic (exact) mass is 572 g/mol. The van der Waals surface area contributed by atoms with E-state index in [0.29, 0.717) is 18.4 Å². The Balaban J connectivity index is 1.30. The smallest absolute Gasteiger partial charge is 0.255 e. The van der Waals surface area contributed by atoms with Gasteiger partial charge in [-0.05, 0) is 47.7 Å². The first-order valence-electron chi connectivity index (χ1n) is 13.8. The molecule has 6 rings (SSSR count). The van der Waals surface area contributed by atoms with Crippen molar-refractivity contribution in [3.63, 3.8) is 0 Å². The topological polar surface area (TPSA) is 94.3 Å².